The lowest BCUT2D eigenvalue weighted by Gasteiger charge is -2.20. The summed E-state index contributed by atoms with van der Waals surface area (Å²) in [4.78, 5) is 35.4. The lowest BCUT2D eigenvalue weighted by atomic mass is 10.0. The van der Waals surface area contributed by atoms with E-state index in [1.54, 1.807) is 17.7 Å². The molecule has 1 atom stereocenters. The smallest absolute Gasteiger partial charge is 0.285 e. The second-order valence-electron chi connectivity index (χ2n) is 10.8. The van der Waals surface area contributed by atoms with Crippen LogP contribution in [0.3, 0.4) is 0 Å². The van der Waals surface area contributed by atoms with E-state index in [0.29, 0.717) is 22.8 Å². The number of pyridine rings is 1. The third-order valence-electron chi connectivity index (χ3n) is 7.25. The molecule has 6 rings (SSSR count). The van der Waals surface area contributed by atoms with Gasteiger partial charge in [-0.1, -0.05) is 17.7 Å². The molecule has 0 saturated heterocycles. The van der Waals surface area contributed by atoms with Gasteiger partial charge in [-0.3, -0.25) is 18.8 Å². The van der Waals surface area contributed by atoms with Crippen LogP contribution in [-0.4, -0.2) is 44.9 Å². The number of hydrogen-bond donors (Lipinski definition) is 2. The predicted octanol–water partition coefficient (Wildman–Crippen LogP) is 4.50. The first-order valence-corrected chi connectivity index (χ1v) is 15.6. The first-order valence-electron chi connectivity index (χ1n) is 13.3. The van der Waals surface area contributed by atoms with Crippen LogP contribution < -0.4 is 15.6 Å². The zero-order valence-corrected chi connectivity index (χ0v) is 24.9. The molecule has 5 aromatic rings. The lowest BCUT2D eigenvalue weighted by Crippen LogP contribution is -2.31. The Morgan fingerprint density at radius 3 is 2.60 bits per heavy atom. The maximum Gasteiger partial charge on any atom is 0.285 e. The van der Waals surface area contributed by atoms with E-state index in [1.165, 1.54) is 6.07 Å². The Morgan fingerprint density at radius 1 is 1.12 bits per heavy atom. The molecule has 3 aromatic heterocycles. The molecule has 0 aliphatic heterocycles. The Labute approximate surface area is 246 Å². The minimum absolute atomic E-state index is 0.0299. The molecule has 1 aliphatic rings. The van der Waals surface area contributed by atoms with Crippen LogP contribution in [0, 0.1) is 6.92 Å². The largest absolute Gasteiger partial charge is 0.377 e. The summed E-state index contributed by atoms with van der Waals surface area (Å²) in [6.45, 7) is 3.75. The number of amides is 1. The summed E-state index contributed by atoms with van der Waals surface area (Å²) in [6.07, 6.45) is 5.18. The molecule has 1 saturated carbocycles. The summed E-state index contributed by atoms with van der Waals surface area (Å²) in [5.74, 6) is -0.411. The lowest BCUT2D eigenvalue weighted by molar-refractivity contribution is 0.0977. The van der Waals surface area contributed by atoms with E-state index >= 15 is 0 Å². The van der Waals surface area contributed by atoms with Crippen molar-refractivity contribution in [2.75, 3.05) is 11.6 Å². The standard InChI is InChI=1S/C29H28ClN7O4S/c1-15-11-20(16(2)31-23-9-10-24(30)32-26(23)28(38)35-42(4,40)41)25-21(12-15)29(39)36(3)27(33-25)17-5-8-22-18(13-17)14-37(34-22)19-6-7-19/h5,8-14,16,19,31H,6-7H2,1-4H3,(H,35,38)/t16-/m1/s1. The summed E-state index contributed by atoms with van der Waals surface area (Å²) >= 11 is 6.03. The van der Waals surface area contributed by atoms with Gasteiger partial charge in [0.05, 0.1) is 40.4 Å². The van der Waals surface area contributed by atoms with E-state index in [-0.39, 0.29) is 22.1 Å². The number of rotatable bonds is 7. The first-order chi connectivity index (χ1) is 19.9. The number of halogens is 1. The van der Waals surface area contributed by atoms with Crippen LogP contribution in [0.2, 0.25) is 5.15 Å². The number of hydrogen-bond acceptors (Lipinski definition) is 8. The number of carbonyl (C=O) groups excluding carboxylic acids is 1. The monoisotopic (exact) mass is 605 g/mol. The van der Waals surface area contributed by atoms with Gasteiger partial charge in [0, 0.05) is 29.8 Å². The average Bonchev–Trinajstić information content (AvgIpc) is 3.69. The minimum Gasteiger partial charge on any atom is -0.377 e. The van der Waals surface area contributed by atoms with Crippen molar-refractivity contribution in [1.29, 1.82) is 0 Å². The second-order valence-corrected chi connectivity index (χ2v) is 12.9. The summed E-state index contributed by atoms with van der Waals surface area (Å²) in [5.41, 5.74) is 3.66. The zero-order chi connectivity index (χ0) is 29.9. The van der Waals surface area contributed by atoms with Gasteiger partial charge in [0.25, 0.3) is 11.5 Å². The van der Waals surface area contributed by atoms with E-state index in [0.717, 1.165) is 46.7 Å². The van der Waals surface area contributed by atoms with Gasteiger partial charge in [-0.15, -0.1) is 0 Å². The second kappa shape index (κ2) is 10.2. The van der Waals surface area contributed by atoms with Crippen LogP contribution in [0.1, 0.15) is 53.5 Å². The van der Waals surface area contributed by atoms with Crippen molar-refractivity contribution >= 4 is 55.0 Å². The van der Waals surface area contributed by atoms with Crippen LogP contribution in [0.4, 0.5) is 5.69 Å². The fourth-order valence-corrected chi connectivity index (χ4v) is 5.68. The van der Waals surface area contributed by atoms with Crippen LogP contribution >= 0.6 is 11.6 Å². The highest BCUT2D eigenvalue weighted by atomic mass is 35.5. The topological polar surface area (TPSA) is 141 Å². The molecular formula is C29H28ClN7O4S. The number of carbonyl (C=O) groups is 1. The third-order valence-corrected chi connectivity index (χ3v) is 8.02. The molecule has 0 radical (unpaired) electrons. The van der Waals surface area contributed by atoms with Gasteiger partial charge in [0.2, 0.25) is 10.0 Å². The van der Waals surface area contributed by atoms with Crippen LogP contribution in [-0.2, 0) is 17.1 Å². The Kier molecular flexibility index (Phi) is 6.77. The predicted molar refractivity (Wildman–Crippen MR) is 162 cm³/mol. The van der Waals surface area contributed by atoms with Gasteiger partial charge in [-0.25, -0.2) is 23.1 Å². The first kappa shape index (κ1) is 27.9. The Hall–Kier alpha value is -4.29. The molecule has 2 aromatic carbocycles. The molecule has 3 heterocycles. The van der Waals surface area contributed by atoms with Gasteiger partial charge < -0.3 is 5.32 Å². The van der Waals surface area contributed by atoms with E-state index in [9.17, 15) is 18.0 Å². The number of anilines is 1. The highest BCUT2D eigenvalue weighted by Crippen LogP contribution is 2.36. The maximum atomic E-state index is 13.6. The fourth-order valence-electron chi connectivity index (χ4n) is 5.10. The summed E-state index contributed by atoms with van der Waals surface area (Å²) in [5, 5.41) is 9.38. The molecule has 1 amide bonds. The van der Waals surface area contributed by atoms with Gasteiger partial charge in [-0.2, -0.15) is 5.10 Å². The van der Waals surface area contributed by atoms with E-state index in [1.807, 2.05) is 59.8 Å². The number of fused-ring (bicyclic) bond motifs is 2. The molecule has 2 N–H and O–H groups in total. The molecule has 0 spiro atoms. The van der Waals surface area contributed by atoms with Gasteiger partial charge in [0.15, 0.2) is 5.69 Å². The third kappa shape index (κ3) is 5.35. The average molecular weight is 606 g/mol. The molecular weight excluding hydrogens is 578 g/mol. The van der Waals surface area contributed by atoms with E-state index < -0.39 is 22.0 Å². The van der Waals surface area contributed by atoms with Crippen molar-refractivity contribution in [2.45, 2.75) is 38.8 Å². The van der Waals surface area contributed by atoms with Crippen molar-refractivity contribution in [3.63, 3.8) is 0 Å². The van der Waals surface area contributed by atoms with Crippen LogP contribution in [0.5, 0.6) is 0 Å². The Balaban J connectivity index is 1.44. The van der Waals surface area contributed by atoms with Gasteiger partial charge in [0.1, 0.15) is 11.0 Å². The number of nitrogens with zero attached hydrogens (tertiary/aromatic N) is 5. The number of benzene rings is 2. The SMILES string of the molecule is Cc1cc([C@@H](C)Nc2ccc(Cl)nc2C(=O)NS(C)(=O)=O)c2nc(-c3ccc4nn(C5CC5)cc4c3)n(C)c(=O)c2c1. The number of nitrogens with one attached hydrogen (secondary N) is 2. The van der Waals surface area contributed by atoms with Crippen LogP contribution in [0.15, 0.2) is 53.5 Å². The molecule has 0 unspecified atom stereocenters. The molecule has 1 aliphatic carbocycles. The summed E-state index contributed by atoms with van der Waals surface area (Å²) in [7, 11) is -2.13. The highest BCUT2D eigenvalue weighted by molar-refractivity contribution is 7.89. The Bertz CT molecular complexity index is 2080. The molecule has 11 nitrogen and oxygen atoms in total. The molecule has 42 heavy (non-hydrogen) atoms. The molecule has 0 bridgehead atoms. The summed E-state index contributed by atoms with van der Waals surface area (Å²) < 4.78 is 28.9. The van der Waals surface area contributed by atoms with Gasteiger partial charge >= 0.3 is 0 Å². The van der Waals surface area contributed by atoms with Crippen molar-refractivity contribution in [3.05, 3.63) is 81.0 Å². The van der Waals surface area contributed by atoms with Crippen molar-refractivity contribution in [3.8, 4) is 11.4 Å². The summed E-state index contributed by atoms with van der Waals surface area (Å²) in [6, 6.07) is 12.6. The molecule has 13 heteroatoms. The molecule has 216 valence electrons. The normalized spacial score (nSPS) is 14.3. The fraction of sp³-hybridized carbons (Fsp3) is 0.276. The highest BCUT2D eigenvalue weighted by Gasteiger charge is 2.25. The van der Waals surface area contributed by atoms with Crippen molar-refractivity contribution in [2.24, 2.45) is 7.05 Å². The van der Waals surface area contributed by atoms with E-state index in [4.69, 9.17) is 16.6 Å². The zero-order valence-electron chi connectivity index (χ0n) is 23.3. The Morgan fingerprint density at radius 2 is 1.88 bits per heavy atom. The number of sulfonamides is 1. The number of aryl methyl sites for hydroxylation is 1. The number of aromatic nitrogens is 5. The van der Waals surface area contributed by atoms with Crippen LogP contribution in [0.25, 0.3) is 33.2 Å². The van der Waals surface area contributed by atoms with Crippen molar-refractivity contribution in [1.82, 2.24) is 29.0 Å². The molecule has 1 fully saturated rings. The quantitative estimate of drug-likeness (QED) is 0.258. The van der Waals surface area contributed by atoms with E-state index in [2.05, 4.69) is 15.4 Å². The minimum atomic E-state index is -3.83. The maximum absolute atomic E-state index is 13.6. The van der Waals surface area contributed by atoms with Gasteiger partial charge in [-0.05, 0) is 68.7 Å². The van der Waals surface area contributed by atoms with Crippen molar-refractivity contribution < 1.29 is 13.2 Å².